The zero-order chi connectivity index (χ0) is 82.7. The molecule has 0 aliphatic rings. The average molecular weight is 1500 g/mol. The third-order valence-electron chi connectivity index (χ3n) is 14.5. The molecule has 1 N–H and O–H groups in total. The molecule has 0 fully saturated rings. The molecule has 6 rings (SSSR count). The number of nitrogens with zero attached hydrogens (tertiary/aromatic N) is 15. The molecule has 4 unspecified atom stereocenters. The summed E-state index contributed by atoms with van der Waals surface area (Å²) in [5, 5.41) is 114. The van der Waals surface area contributed by atoms with E-state index in [1.165, 1.54) is 36.4 Å². The van der Waals surface area contributed by atoms with Crippen LogP contribution >= 0.6 is 0 Å². The van der Waals surface area contributed by atoms with Crippen LogP contribution in [0.5, 0.6) is 5.75 Å². The van der Waals surface area contributed by atoms with E-state index in [4.69, 9.17) is 77.4 Å². The fourth-order valence-corrected chi connectivity index (χ4v) is 8.65. The molecule has 0 saturated carbocycles. The number of hydrogen-bond acceptors (Lipinski definition) is 16. The number of benzene rings is 6. The molecule has 0 radical (unpaired) electrons. The Morgan fingerprint density at radius 1 is 0.587 bits per heavy atom. The minimum Gasteiger partial charge on any atom is -0.406 e. The summed E-state index contributed by atoms with van der Waals surface area (Å²) in [7, 11) is 0. The number of allylic oxidation sites excluding steroid dienone is 2. The van der Waals surface area contributed by atoms with Gasteiger partial charge in [0.25, 0.3) is 5.69 Å². The number of alkyl halides is 3. The van der Waals surface area contributed by atoms with Crippen molar-refractivity contribution in [2.24, 2.45) is 23.7 Å². The van der Waals surface area contributed by atoms with Crippen LogP contribution in [0.15, 0.2) is 152 Å². The average Bonchev–Trinajstić information content (AvgIpc) is 0.857. The molecule has 0 aliphatic carbocycles. The molecule has 556 valence electrons. The van der Waals surface area contributed by atoms with Gasteiger partial charge < -0.3 is 14.6 Å². The summed E-state index contributed by atoms with van der Waals surface area (Å²) in [5.41, 5.74) is 3.40. The first-order chi connectivity index (χ1) is 51.7. The molecule has 0 aromatic heterocycles. The molecular weight excluding hydrogens is 1440 g/mol. The molecule has 0 aliphatic heterocycles. The van der Waals surface area contributed by atoms with E-state index < -0.39 is 111 Å². The van der Waals surface area contributed by atoms with Gasteiger partial charge in [0, 0.05) is 93.7 Å². The quantitative estimate of drug-likeness (QED) is 0.0147. The number of rotatable bonds is 24. The van der Waals surface area contributed by atoms with Crippen LogP contribution in [-0.2, 0) is 36.9 Å². The number of ether oxygens (including phenoxy) is 1. The van der Waals surface area contributed by atoms with Crippen molar-refractivity contribution in [2.75, 3.05) is 6.61 Å². The van der Waals surface area contributed by atoms with E-state index in [1.54, 1.807) is 42.5 Å². The highest BCUT2D eigenvalue weighted by molar-refractivity contribution is 5.50. The Morgan fingerprint density at radius 2 is 1.03 bits per heavy atom. The van der Waals surface area contributed by atoms with Crippen molar-refractivity contribution in [1.29, 1.82) is 57.9 Å². The van der Waals surface area contributed by atoms with Gasteiger partial charge in [-0.1, -0.05) is 96.1 Å². The third kappa shape index (κ3) is 36.6. The number of hydrogen-bond donors (Lipinski definition) is 1. The molecule has 20 nitrogen and oxygen atoms in total. The van der Waals surface area contributed by atoms with Crippen molar-refractivity contribution in [3.05, 3.63) is 270 Å². The van der Waals surface area contributed by atoms with Gasteiger partial charge in [-0.25, -0.2) is 46.1 Å². The summed E-state index contributed by atoms with van der Waals surface area (Å²) < 4.78 is 138. The summed E-state index contributed by atoms with van der Waals surface area (Å²) in [6.07, 6.45) is -3.42. The summed E-state index contributed by atoms with van der Waals surface area (Å²) in [5.74, 6) is -11.1. The number of aldehydes is 1. The number of carbonyl (C=O) groups is 1. The van der Waals surface area contributed by atoms with E-state index in [0.29, 0.717) is 61.8 Å². The third-order valence-corrected chi connectivity index (χ3v) is 14.5. The topological polar surface area (TPSA) is 364 Å². The maximum atomic E-state index is 13.0. The number of aliphatic hydroxyl groups excluding tert-OH is 1. The molecular formula is C78H62F11N15O5. The Labute approximate surface area is 621 Å². The molecule has 109 heavy (non-hydrogen) atoms. The maximum absolute atomic E-state index is 13.0. The fourth-order valence-electron chi connectivity index (χ4n) is 8.65. The van der Waals surface area contributed by atoms with Crippen molar-refractivity contribution in [3.63, 3.8) is 0 Å². The summed E-state index contributed by atoms with van der Waals surface area (Å²) in [6, 6.07) is 49.5. The van der Waals surface area contributed by atoms with E-state index in [0.717, 1.165) is 58.4 Å². The van der Waals surface area contributed by atoms with Crippen molar-refractivity contribution in [2.45, 2.75) is 114 Å². The number of nitro groups is 1. The smallest absolute Gasteiger partial charge is 0.406 e. The van der Waals surface area contributed by atoms with E-state index in [9.17, 15) is 68.5 Å². The minimum atomic E-state index is -4.75. The van der Waals surface area contributed by atoms with E-state index in [2.05, 4.69) is 38.0 Å². The first kappa shape index (κ1) is 94.7. The van der Waals surface area contributed by atoms with Crippen LogP contribution < -0.4 is 4.74 Å². The standard InChI is InChI=1S/C14H16N2O.C14H14N2O.C13H9F3N2O.C10H5F3N2.C10H6F2N2.C10H7N3O2.C7H5F3N2/c2*1-12-4-6-13(7-5-12)10-14(11-15,16-2)8-3-9-17;1-2-12(10(7-17)8-18)9-3-5-11(6-4-9)19-13(14,15)16;11-7-2-9(12)8(10(13)3-7)1-6(4-14)5-15;11-9-2-1-7(4-10(9)12)3-8(5-13)6-14;11-6-9(7-12)5-8-1-3-10(4-2-8)13(14)15;1-12-5(4-11)2-3-6(8)7(9)10/h4-7,17H,3,8-10H2,1H3;4-7,9H,3,8,10H2,1H3;2-6,10,12H,1H2;2-3,6H,1H2;1-2,4,8H,3H2;1-4,9H,5H2;5H,2-3H2. The SMILES string of the molecule is C=CC(c1ccc(OC(F)(F)F)cc1)C(C#N)C#N.N#CC(C#N)Cc1c(F)cc(F)cc1F.N#CC(C#N)Cc1ccc(F)c(F)c1.N#CC(C#N)Cc1ccc([N+](=O)[O-])cc1.[C-]#[N+]C(C#N)(CCC=O)Cc1ccc(C)cc1.[C-]#[N+]C(C#N)(CCCO)Cc1ccc(C)cc1.[C-]#[N+]C(C#N)CCC(F)=C(F)F. The number of halogens is 11. The van der Waals surface area contributed by atoms with Gasteiger partial charge in [0.2, 0.25) is 0 Å². The lowest BCUT2D eigenvalue weighted by molar-refractivity contribution is -0.384. The molecule has 0 heterocycles. The number of non-ortho nitro benzene ring substituents is 1. The minimum absolute atomic E-state index is 0.00390. The van der Waals surface area contributed by atoms with Gasteiger partial charge in [-0.05, 0) is 72.4 Å². The number of nitro benzene ring substituents is 1. The zero-order valence-corrected chi connectivity index (χ0v) is 57.9. The zero-order valence-electron chi connectivity index (χ0n) is 57.9. The molecule has 0 bridgehead atoms. The van der Waals surface area contributed by atoms with Crippen LogP contribution in [0.1, 0.15) is 89.0 Å². The molecule has 0 spiro atoms. The Kier molecular flexibility index (Phi) is 44.3. The van der Waals surface area contributed by atoms with E-state index >= 15 is 0 Å². The lowest BCUT2D eigenvalue weighted by Gasteiger charge is -2.14. The highest BCUT2D eigenvalue weighted by atomic mass is 19.4. The Bertz CT molecular complexity index is 4530. The van der Waals surface area contributed by atoms with Crippen LogP contribution in [0.3, 0.4) is 0 Å². The second kappa shape index (κ2) is 51.0. The second-order valence-corrected chi connectivity index (χ2v) is 22.5. The van der Waals surface area contributed by atoms with Crippen LogP contribution in [-0.4, -0.2) is 46.4 Å². The van der Waals surface area contributed by atoms with Gasteiger partial charge in [-0.2, -0.15) is 66.7 Å². The van der Waals surface area contributed by atoms with Gasteiger partial charge >= 0.3 is 29.6 Å². The molecule has 31 heteroatoms. The normalized spacial score (nSPS) is 11.3. The molecule has 6 aromatic carbocycles. The summed E-state index contributed by atoms with van der Waals surface area (Å²) in [4.78, 5) is 29.9. The number of nitriles is 11. The lowest BCUT2D eigenvalue weighted by Crippen LogP contribution is -2.25. The largest absolute Gasteiger partial charge is 0.573 e. The first-order valence-electron chi connectivity index (χ1n) is 31.4. The highest BCUT2D eigenvalue weighted by Crippen LogP contribution is 2.30. The van der Waals surface area contributed by atoms with Crippen molar-refractivity contribution in [3.8, 4) is 72.5 Å². The second-order valence-electron chi connectivity index (χ2n) is 22.5. The number of aryl methyl sites for hydroxylation is 2. The molecule has 4 atom stereocenters. The van der Waals surface area contributed by atoms with Crippen LogP contribution in [0.4, 0.5) is 54.0 Å². The van der Waals surface area contributed by atoms with Gasteiger partial charge in [-0.3, -0.25) is 24.6 Å². The van der Waals surface area contributed by atoms with E-state index in [-0.39, 0.29) is 43.7 Å². The predicted molar refractivity (Wildman–Crippen MR) is 369 cm³/mol. The van der Waals surface area contributed by atoms with Gasteiger partial charge in [0.05, 0.1) is 66.3 Å². The molecule has 6 aromatic rings. The van der Waals surface area contributed by atoms with Crippen molar-refractivity contribution in [1.82, 2.24) is 0 Å². The number of carbonyl (C=O) groups excluding carboxylic acids is 1. The number of aliphatic hydroxyl groups is 1. The maximum Gasteiger partial charge on any atom is 0.573 e. The summed E-state index contributed by atoms with van der Waals surface area (Å²) >= 11 is 0. The van der Waals surface area contributed by atoms with E-state index in [1.807, 2.05) is 86.7 Å². The predicted octanol–water partition coefficient (Wildman–Crippen LogP) is 17.6. The molecule has 0 saturated heterocycles. The van der Waals surface area contributed by atoms with Crippen molar-refractivity contribution < 1.29 is 67.9 Å². The fraction of sp³-hybridized carbons (Fsp3) is 0.295. The summed E-state index contributed by atoms with van der Waals surface area (Å²) in [6.45, 7) is 28.3. The lowest BCUT2D eigenvalue weighted by atomic mass is 9.88. The Hall–Kier alpha value is -14.3. The van der Waals surface area contributed by atoms with Gasteiger partial charge in [0.1, 0.15) is 53.2 Å². The Balaban J connectivity index is 0.00000125. The Morgan fingerprint density at radius 3 is 1.39 bits per heavy atom. The monoisotopic (exact) mass is 1500 g/mol. The van der Waals surface area contributed by atoms with Crippen LogP contribution in [0.2, 0.25) is 0 Å². The van der Waals surface area contributed by atoms with Crippen LogP contribution in [0.25, 0.3) is 14.5 Å². The van der Waals surface area contributed by atoms with Crippen molar-refractivity contribution >= 4 is 12.0 Å². The van der Waals surface area contributed by atoms with Crippen LogP contribution in [0, 0.1) is 221 Å². The first-order valence-corrected chi connectivity index (χ1v) is 31.4. The molecule has 0 amide bonds. The highest BCUT2D eigenvalue weighted by Gasteiger charge is 2.37. The van der Waals surface area contributed by atoms with Gasteiger partial charge in [0.15, 0.2) is 35.7 Å². The van der Waals surface area contributed by atoms with Gasteiger partial charge in [-0.15, -0.1) is 19.8 Å².